The highest BCUT2D eigenvalue weighted by Gasteiger charge is 2.15. The second-order valence-corrected chi connectivity index (χ2v) is 8.24. The standard InChI is InChI=1S/C24H30N4O2/c1-16(2)14-28-15-21(20-7-5-6-8-22(20)28)23(29)25-13-18-9-11-19(12-10-18)27-24(30)26-17(3)4/h5-12,15-17H,13-14H2,1-4H3,(H,25,29)(H2,26,27,30). The minimum absolute atomic E-state index is 0.0750. The Balaban J connectivity index is 1.65. The lowest BCUT2D eigenvalue weighted by molar-refractivity contribution is 0.0952. The van der Waals surface area contributed by atoms with Crippen LogP contribution in [0.4, 0.5) is 10.5 Å². The van der Waals surface area contributed by atoms with Gasteiger partial charge in [0.15, 0.2) is 0 Å². The van der Waals surface area contributed by atoms with Gasteiger partial charge in [0, 0.05) is 41.9 Å². The van der Waals surface area contributed by atoms with E-state index in [0.29, 0.717) is 23.7 Å². The molecule has 6 heteroatoms. The van der Waals surface area contributed by atoms with Crippen LogP contribution in [0.25, 0.3) is 10.9 Å². The van der Waals surface area contributed by atoms with Crippen molar-refractivity contribution in [1.29, 1.82) is 0 Å². The van der Waals surface area contributed by atoms with E-state index in [9.17, 15) is 9.59 Å². The summed E-state index contributed by atoms with van der Waals surface area (Å²) in [7, 11) is 0. The summed E-state index contributed by atoms with van der Waals surface area (Å²) in [4.78, 5) is 24.6. The van der Waals surface area contributed by atoms with E-state index in [0.717, 1.165) is 23.0 Å². The van der Waals surface area contributed by atoms with Crippen LogP contribution in [0.1, 0.15) is 43.6 Å². The number of fused-ring (bicyclic) bond motifs is 1. The smallest absolute Gasteiger partial charge is 0.319 e. The van der Waals surface area contributed by atoms with Gasteiger partial charge in [-0.15, -0.1) is 0 Å². The molecule has 0 saturated carbocycles. The number of carbonyl (C=O) groups is 2. The molecule has 0 aliphatic rings. The van der Waals surface area contributed by atoms with Gasteiger partial charge in [-0.1, -0.05) is 44.2 Å². The zero-order valence-electron chi connectivity index (χ0n) is 18.0. The molecule has 3 amide bonds. The summed E-state index contributed by atoms with van der Waals surface area (Å²) in [6.07, 6.45) is 1.94. The highest BCUT2D eigenvalue weighted by atomic mass is 16.2. The van der Waals surface area contributed by atoms with Crippen LogP contribution in [0.5, 0.6) is 0 Å². The van der Waals surface area contributed by atoms with E-state index in [2.05, 4.69) is 40.4 Å². The summed E-state index contributed by atoms with van der Waals surface area (Å²) in [5.74, 6) is 0.402. The molecule has 3 N–H and O–H groups in total. The van der Waals surface area contributed by atoms with E-state index in [-0.39, 0.29) is 18.0 Å². The maximum atomic E-state index is 12.9. The third-order valence-corrected chi connectivity index (χ3v) is 4.68. The Morgan fingerprint density at radius 1 is 0.967 bits per heavy atom. The number of nitrogens with zero attached hydrogens (tertiary/aromatic N) is 1. The van der Waals surface area contributed by atoms with Gasteiger partial charge in [0.2, 0.25) is 0 Å². The Labute approximate surface area is 177 Å². The summed E-state index contributed by atoms with van der Waals surface area (Å²) in [5, 5.41) is 9.55. The molecular weight excluding hydrogens is 376 g/mol. The Bertz CT molecular complexity index is 1020. The number of carbonyl (C=O) groups excluding carboxylic acids is 2. The third-order valence-electron chi connectivity index (χ3n) is 4.68. The third kappa shape index (κ3) is 5.41. The van der Waals surface area contributed by atoms with Crippen LogP contribution < -0.4 is 16.0 Å². The fraction of sp³-hybridized carbons (Fsp3) is 0.333. The van der Waals surface area contributed by atoms with E-state index in [1.165, 1.54) is 0 Å². The maximum Gasteiger partial charge on any atom is 0.319 e. The first-order valence-corrected chi connectivity index (χ1v) is 10.4. The van der Waals surface area contributed by atoms with Crippen LogP contribution in [-0.4, -0.2) is 22.5 Å². The van der Waals surface area contributed by atoms with Crippen LogP contribution >= 0.6 is 0 Å². The van der Waals surface area contributed by atoms with Gasteiger partial charge in [-0.05, 0) is 43.5 Å². The first-order valence-electron chi connectivity index (χ1n) is 10.4. The number of para-hydroxylation sites is 1. The Morgan fingerprint density at radius 2 is 1.67 bits per heavy atom. The monoisotopic (exact) mass is 406 g/mol. The molecule has 0 unspecified atom stereocenters. The molecule has 158 valence electrons. The first-order chi connectivity index (χ1) is 14.3. The van der Waals surface area contributed by atoms with Crippen molar-refractivity contribution in [2.45, 2.75) is 46.8 Å². The topological polar surface area (TPSA) is 75.2 Å². The van der Waals surface area contributed by atoms with Gasteiger partial charge in [-0.25, -0.2) is 4.79 Å². The molecule has 0 aliphatic carbocycles. The molecule has 0 fully saturated rings. The lowest BCUT2D eigenvalue weighted by Gasteiger charge is -2.11. The highest BCUT2D eigenvalue weighted by Crippen LogP contribution is 2.22. The molecule has 6 nitrogen and oxygen atoms in total. The van der Waals surface area contributed by atoms with Gasteiger partial charge in [-0.3, -0.25) is 4.79 Å². The number of benzene rings is 2. The van der Waals surface area contributed by atoms with Crippen molar-refractivity contribution in [2.24, 2.45) is 5.92 Å². The lowest BCUT2D eigenvalue weighted by atomic mass is 10.1. The second-order valence-electron chi connectivity index (χ2n) is 8.24. The minimum Gasteiger partial charge on any atom is -0.348 e. The summed E-state index contributed by atoms with van der Waals surface area (Å²) in [5.41, 5.74) is 3.44. The number of hydrogen-bond acceptors (Lipinski definition) is 2. The summed E-state index contributed by atoms with van der Waals surface area (Å²) in [6.45, 7) is 9.43. The molecule has 2 aromatic carbocycles. The van der Waals surface area contributed by atoms with Gasteiger partial charge in [0.25, 0.3) is 5.91 Å². The van der Waals surface area contributed by atoms with Crippen LogP contribution in [0.3, 0.4) is 0 Å². The summed E-state index contributed by atoms with van der Waals surface area (Å²) in [6, 6.07) is 15.3. The number of anilines is 1. The number of nitrogens with one attached hydrogen (secondary N) is 3. The molecule has 3 aromatic rings. The van der Waals surface area contributed by atoms with E-state index >= 15 is 0 Å². The number of rotatable bonds is 7. The van der Waals surface area contributed by atoms with Crippen molar-refractivity contribution in [3.05, 3.63) is 65.9 Å². The van der Waals surface area contributed by atoms with Crippen molar-refractivity contribution in [1.82, 2.24) is 15.2 Å². The van der Waals surface area contributed by atoms with Crippen LogP contribution in [0.15, 0.2) is 54.7 Å². The van der Waals surface area contributed by atoms with E-state index in [1.54, 1.807) is 0 Å². The number of hydrogen-bond donors (Lipinski definition) is 3. The molecule has 30 heavy (non-hydrogen) atoms. The molecule has 3 rings (SSSR count). The van der Waals surface area contributed by atoms with E-state index in [4.69, 9.17) is 0 Å². The summed E-state index contributed by atoms with van der Waals surface area (Å²) >= 11 is 0. The molecule has 0 bridgehead atoms. The SMILES string of the molecule is CC(C)Cn1cc(C(=O)NCc2ccc(NC(=O)NC(C)C)cc2)c2ccccc21. The first kappa shape index (κ1) is 21.4. The largest absolute Gasteiger partial charge is 0.348 e. The molecular formula is C24H30N4O2. The van der Waals surface area contributed by atoms with Crippen molar-refractivity contribution >= 4 is 28.5 Å². The van der Waals surface area contributed by atoms with Crippen LogP contribution in [0.2, 0.25) is 0 Å². The Morgan fingerprint density at radius 3 is 2.33 bits per heavy atom. The van der Waals surface area contributed by atoms with Gasteiger partial charge >= 0.3 is 6.03 Å². The van der Waals surface area contributed by atoms with E-state index < -0.39 is 0 Å². The van der Waals surface area contributed by atoms with Crippen molar-refractivity contribution in [3.8, 4) is 0 Å². The maximum absolute atomic E-state index is 12.9. The van der Waals surface area contributed by atoms with Gasteiger partial charge < -0.3 is 20.5 Å². The minimum atomic E-state index is -0.233. The van der Waals surface area contributed by atoms with Gasteiger partial charge in [0.05, 0.1) is 5.56 Å². The number of aromatic nitrogens is 1. The average Bonchev–Trinajstić information content (AvgIpc) is 3.05. The fourth-order valence-electron chi connectivity index (χ4n) is 3.39. The molecule has 0 aliphatic heterocycles. The zero-order valence-corrected chi connectivity index (χ0v) is 18.0. The molecule has 0 radical (unpaired) electrons. The van der Waals surface area contributed by atoms with E-state index in [1.807, 2.05) is 62.5 Å². The average molecular weight is 407 g/mol. The number of urea groups is 1. The summed E-state index contributed by atoms with van der Waals surface area (Å²) < 4.78 is 2.15. The molecule has 0 atom stereocenters. The normalized spacial score (nSPS) is 11.1. The Hall–Kier alpha value is -3.28. The number of amides is 3. The quantitative estimate of drug-likeness (QED) is 0.529. The van der Waals surface area contributed by atoms with Gasteiger partial charge in [-0.2, -0.15) is 0 Å². The molecule has 0 spiro atoms. The van der Waals surface area contributed by atoms with Crippen LogP contribution in [-0.2, 0) is 13.1 Å². The highest BCUT2D eigenvalue weighted by molar-refractivity contribution is 6.07. The van der Waals surface area contributed by atoms with Crippen molar-refractivity contribution in [2.75, 3.05) is 5.32 Å². The molecule has 1 aromatic heterocycles. The van der Waals surface area contributed by atoms with Crippen LogP contribution in [0, 0.1) is 5.92 Å². The fourth-order valence-corrected chi connectivity index (χ4v) is 3.39. The zero-order chi connectivity index (χ0) is 21.7. The lowest BCUT2D eigenvalue weighted by Crippen LogP contribution is -2.34. The second kappa shape index (κ2) is 9.48. The Kier molecular flexibility index (Phi) is 6.77. The molecule has 0 saturated heterocycles. The van der Waals surface area contributed by atoms with Gasteiger partial charge in [0.1, 0.15) is 0 Å². The van der Waals surface area contributed by atoms with Crippen molar-refractivity contribution < 1.29 is 9.59 Å². The molecule has 1 heterocycles. The predicted octanol–water partition coefficient (Wildman–Crippen LogP) is 4.76. The van der Waals surface area contributed by atoms with Crippen molar-refractivity contribution in [3.63, 3.8) is 0 Å². The predicted molar refractivity (Wildman–Crippen MR) is 122 cm³/mol.